The fraction of sp³-hybridized carbons (Fsp3) is 0.200. The normalized spacial score (nSPS) is 11.6. The Morgan fingerprint density at radius 2 is 1.68 bits per heavy atom. The Morgan fingerprint density at radius 1 is 1.00 bits per heavy atom. The monoisotopic (exact) mass is 318 g/mol. The maximum atomic E-state index is 13.1. The number of benzene rings is 2. The quantitative estimate of drug-likeness (QED) is 0.722. The van der Waals surface area contributed by atoms with Crippen molar-refractivity contribution >= 4 is 0 Å². The molecule has 0 bridgehead atoms. The lowest BCUT2D eigenvalue weighted by molar-refractivity contribution is -0.274. The second-order valence-electron chi connectivity index (χ2n) is 4.30. The number of ether oxygens (including phenoxy) is 2. The minimum Gasteiger partial charge on any atom is -0.496 e. The number of alkyl halides is 5. The molecule has 0 saturated heterocycles. The molecule has 118 valence electrons. The third-order valence-electron chi connectivity index (χ3n) is 2.87. The molecule has 0 atom stereocenters. The summed E-state index contributed by atoms with van der Waals surface area (Å²) in [4.78, 5) is 0. The topological polar surface area (TPSA) is 18.5 Å². The van der Waals surface area contributed by atoms with Gasteiger partial charge in [-0.05, 0) is 23.8 Å². The van der Waals surface area contributed by atoms with Gasteiger partial charge in [0, 0.05) is 11.1 Å². The van der Waals surface area contributed by atoms with Crippen LogP contribution in [0.3, 0.4) is 0 Å². The average molecular weight is 318 g/mol. The van der Waals surface area contributed by atoms with Crippen LogP contribution in [0.15, 0.2) is 42.5 Å². The lowest BCUT2D eigenvalue weighted by atomic mass is 9.98. The van der Waals surface area contributed by atoms with E-state index in [2.05, 4.69) is 4.74 Å². The lowest BCUT2D eigenvalue weighted by Gasteiger charge is -2.15. The molecule has 0 amide bonds. The van der Waals surface area contributed by atoms with Gasteiger partial charge < -0.3 is 9.47 Å². The van der Waals surface area contributed by atoms with Gasteiger partial charge in [-0.3, -0.25) is 0 Å². The molecular weight excluding hydrogens is 307 g/mol. The molecule has 2 aromatic rings. The first-order chi connectivity index (χ1) is 10.3. The van der Waals surface area contributed by atoms with E-state index in [4.69, 9.17) is 4.74 Å². The van der Waals surface area contributed by atoms with Gasteiger partial charge in [-0.1, -0.05) is 24.3 Å². The minimum atomic E-state index is -4.86. The Morgan fingerprint density at radius 3 is 2.27 bits per heavy atom. The number of rotatable bonds is 4. The Hall–Kier alpha value is -2.31. The summed E-state index contributed by atoms with van der Waals surface area (Å²) in [6, 6.07) is 8.87. The zero-order chi connectivity index (χ0) is 16.3. The van der Waals surface area contributed by atoms with Gasteiger partial charge in [-0.2, -0.15) is 0 Å². The third kappa shape index (κ3) is 3.66. The summed E-state index contributed by atoms with van der Waals surface area (Å²) in [5, 5.41) is 0. The van der Waals surface area contributed by atoms with Crippen LogP contribution in [0.5, 0.6) is 11.5 Å². The summed E-state index contributed by atoms with van der Waals surface area (Å²) in [5.41, 5.74) is -0.148. The molecule has 0 spiro atoms. The second kappa shape index (κ2) is 6.21. The predicted molar refractivity (Wildman–Crippen MR) is 70.1 cm³/mol. The fourth-order valence-corrected chi connectivity index (χ4v) is 2.06. The highest BCUT2D eigenvalue weighted by atomic mass is 19.4. The van der Waals surface area contributed by atoms with E-state index in [9.17, 15) is 22.0 Å². The smallest absolute Gasteiger partial charge is 0.496 e. The highest BCUT2D eigenvalue weighted by Gasteiger charge is 2.31. The van der Waals surface area contributed by atoms with E-state index in [1.807, 2.05) is 0 Å². The minimum absolute atomic E-state index is 0.0348. The van der Waals surface area contributed by atoms with Crippen molar-refractivity contribution in [1.29, 1.82) is 0 Å². The maximum absolute atomic E-state index is 13.1. The summed E-state index contributed by atoms with van der Waals surface area (Å²) in [6.45, 7) is 0. The summed E-state index contributed by atoms with van der Waals surface area (Å²) in [7, 11) is 1.30. The van der Waals surface area contributed by atoms with Crippen LogP contribution in [-0.4, -0.2) is 13.5 Å². The summed E-state index contributed by atoms with van der Waals surface area (Å²) < 4.78 is 71.9. The Labute approximate surface area is 123 Å². The molecule has 0 fully saturated rings. The van der Waals surface area contributed by atoms with Crippen molar-refractivity contribution < 1.29 is 31.4 Å². The van der Waals surface area contributed by atoms with E-state index in [1.165, 1.54) is 37.4 Å². The second-order valence-corrected chi connectivity index (χ2v) is 4.30. The first-order valence-electron chi connectivity index (χ1n) is 6.13. The molecule has 2 rings (SSSR count). The summed E-state index contributed by atoms with van der Waals surface area (Å²) in [6.07, 6.45) is -7.65. The van der Waals surface area contributed by atoms with Gasteiger partial charge in [0.25, 0.3) is 6.43 Å². The van der Waals surface area contributed by atoms with Crippen LogP contribution in [0, 0.1) is 0 Å². The molecule has 7 heteroatoms. The highest BCUT2D eigenvalue weighted by Crippen LogP contribution is 2.39. The number of hydrogen-bond acceptors (Lipinski definition) is 2. The molecular formula is C15H11F5O2. The van der Waals surface area contributed by atoms with E-state index in [-0.39, 0.29) is 22.4 Å². The summed E-state index contributed by atoms with van der Waals surface area (Å²) >= 11 is 0. The highest BCUT2D eigenvalue weighted by molar-refractivity contribution is 5.75. The van der Waals surface area contributed by atoms with Crippen molar-refractivity contribution in [3.63, 3.8) is 0 Å². The van der Waals surface area contributed by atoms with E-state index in [0.717, 1.165) is 12.1 Å². The Bertz CT molecular complexity index is 653. The lowest BCUT2D eigenvalue weighted by Crippen LogP contribution is -2.17. The van der Waals surface area contributed by atoms with E-state index in [1.54, 1.807) is 0 Å². The molecule has 0 aromatic heterocycles. The van der Waals surface area contributed by atoms with Gasteiger partial charge in [-0.15, -0.1) is 13.2 Å². The largest absolute Gasteiger partial charge is 0.573 e. The molecule has 0 N–H and O–H groups in total. The Kier molecular flexibility index (Phi) is 4.54. The zero-order valence-electron chi connectivity index (χ0n) is 11.3. The van der Waals surface area contributed by atoms with Gasteiger partial charge in [0.1, 0.15) is 11.5 Å². The van der Waals surface area contributed by atoms with Crippen molar-refractivity contribution in [2.75, 3.05) is 7.11 Å². The molecule has 2 nitrogen and oxygen atoms in total. The molecule has 0 heterocycles. The van der Waals surface area contributed by atoms with Gasteiger partial charge in [0.05, 0.1) is 7.11 Å². The molecule has 2 aromatic carbocycles. The van der Waals surface area contributed by atoms with E-state index >= 15 is 0 Å². The SMILES string of the molecule is COc1cccc(C(F)F)c1-c1cccc(OC(F)(F)F)c1. The van der Waals surface area contributed by atoms with Crippen LogP contribution in [-0.2, 0) is 0 Å². The predicted octanol–water partition coefficient (Wildman–Crippen LogP) is 5.20. The molecule has 0 aliphatic rings. The van der Waals surface area contributed by atoms with Gasteiger partial charge in [0.2, 0.25) is 0 Å². The number of methoxy groups -OCH3 is 1. The number of halogens is 5. The van der Waals surface area contributed by atoms with Crippen molar-refractivity contribution in [2.45, 2.75) is 12.8 Å². The van der Waals surface area contributed by atoms with Crippen LogP contribution < -0.4 is 9.47 Å². The van der Waals surface area contributed by atoms with Crippen LogP contribution in [0.25, 0.3) is 11.1 Å². The van der Waals surface area contributed by atoms with Gasteiger partial charge in [0.15, 0.2) is 0 Å². The first kappa shape index (κ1) is 16.1. The fourth-order valence-electron chi connectivity index (χ4n) is 2.06. The van der Waals surface area contributed by atoms with Crippen molar-refractivity contribution in [1.82, 2.24) is 0 Å². The van der Waals surface area contributed by atoms with E-state index < -0.39 is 18.5 Å². The summed E-state index contributed by atoms with van der Waals surface area (Å²) in [5.74, 6) is -0.349. The van der Waals surface area contributed by atoms with Crippen LogP contribution in [0.4, 0.5) is 22.0 Å². The maximum Gasteiger partial charge on any atom is 0.573 e. The van der Waals surface area contributed by atoms with Gasteiger partial charge >= 0.3 is 6.36 Å². The van der Waals surface area contributed by atoms with Crippen molar-refractivity contribution in [3.8, 4) is 22.6 Å². The van der Waals surface area contributed by atoms with E-state index in [0.29, 0.717) is 0 Å². The standard InChI is InChI=1S/C15H11F5O2/c1-21-12-7-3-6-11(14(16)17)13(12)9-4-2-5-10(8-9)22-15(18,19)20/h2-8,14H,1H3. The first-order valence-corrected chi connectivity index (χ1v) is 6.13. The average Bonchev–Trinajstić information content (AvgIpc) is 2.44. The number of hydrogen-bond donors (Lipinski definition) is 0. The van der Waals surface area contributed by atoms with Crippen molar-refractivity contribution in [3.05, 3.63) is 48.0 Å². The molecule has 0 radical (unpaired) electrons. The zero-order valence-corrected chi connectivity index (χ0v) is 11.3. The Balaban J connectivity index is 2.54. The molecule has 0 saturated carbocycles. The molecule has 0 aliphatic heterocycles. The van der Waals surface area contributed by atoms with Crippen LogP contribution >= 0.6 is 0 Å². The third-order valence-corrected chi connectivity index (χ3v) is 2.87. The van der Waals surface area contributed by atoms with Crippen LogP contribution in [0.1, 0.15) is 12.0 Å². The van der Waals surface area contributed by atoms with Gasteiger partial charge in [-0.25, -0.2) is 8.78 Å². The van der Waals surface area contributed by atoms with Crippen LogP contribution in [0.2, 0.25) is 0 Å². The van der Waals surface area contributed by atoms with Crippen molar-refractivity contribution in [2.24, 2.45) is 0 Å². The molecule has 22 heavy (non-hydrogen) atoms. The molecule has 0 unspecified atom stereocenters. The molecule has 0 aliphatic carbocycles.